The van der Waals surface area contributed by atoms with E-state index < -0.39 is 12.0 Å². The monoisotopic (exact) mass is 521 g/mol. The van der Waals surface area contributed by atoms with Crippen LogP contribution >= 0.6 is 0 Å². The van der Waals surface area contributed by atoms with Crippen LogP contribution in [-0.2, 0) is 14.9 Å². The molecule has 0 bridgehead atoms. The number of fused-ring (bicyclic) bond motifs is 3. The molecular weight excluding hydrogens is 476 g/mol. The molecule has 0 radical (unpaired) electrons. The fourth-order valence-electron chi connectivity index (χ4n) is 6.24. The first-order valence-electron chi connectivity index (χ1n) is 14.4. The Bertz CT molecular complexity index is 928. The maximum absolute atomic E-state index is 15.2. The van der Waals surface area contributed by atoms with Crippen LogP contribution in [-0.4, -0.2) is 49.8 Å². The number of ether oxygens (including phenoxy) is 3. The van der Waals surface area contributed by atoms with Crippen molar-refractivity contribution in [1.29, 1.82) is 0 Å². The third-order valence-electron chi connectivity index (χ3n) is 8.66. The smallest absolute Gasteiger partial charge is 0.401 e. The lowest BCUT2D eigenvalue weighted by molar-refractivity contribution is -0.237. The predicted octanol–water partition coefficient (Wildman–Crippen LogP) is 7.07. The Hall–Kier alpha value is -1.73. The Morgan fingerprint density at radius 2 is 1.92 bits per heavy atom. The molecular formula is C30H45F2NO4. The van der Waals surface area contributed by atoms with Crippen LogP contribution in [0, 0.1) is 11.8 Å². The number of alkyl halides is 2. The molecule has 3 aliphatic rings. The first-order valence-corrected chi connectivity index (χ1v) is 14.4. The summed E-state index contributed by atoms with van der Waals surface area (Å²) in [5.74, 6) is -0.663. The predicted molar refractivity (Wildman–Crippen MR) is 141 cm³/mol. The van der Waals surface area contributed by atoms with Gasteiger partial charge in [0.15, 0.2) is 0 Å². The average molecular weight is 522 g/mol. The van der Waals surface area contributed by atoms with Crippen molar-refractivity contribution in [3.05, 3.63) is 23.3 Å². The molecule has 5 nitrogen and oxygen atoms in total. The lowest BCUT2D eigenvalue weighted by Gasteiger charge is -2.44. The molecule has 0 N–H and O–H groups in total. The number of unbranched alkanes of at least 4 members (excludes halogenated alkanes) is 3. The molecule has 0 aromatic heterocycles. The van der Waals surface area contributed by atoms with Crippen molar-refractivity contribution in [2.75, 3.05) is 32.8 Å². The molecule has 7 heteroatoms. The number of hydrogen-bond acceptors (Lipinski definition) is 5. The van der Waals surface area contributed by atoms with E-state index in [4.69, 9.17) is 14.2 Å². The number of carbonyl (C=O) groups is 1. The van der Waals surface area contributed by atoms with E-state index in [2.05, 4.69) is 32.6 Å². The van der Waals surface area contributed by atoms with Gasteiger partial charge < -0.3 is 14.2 Å². The van der Waals surface area contributed by atoms with Crippen molar-refractivity contribution in [2.45, 2.75) is 103 Å². The largest absolute Gasteiger partial charge is 0.432 e. The minimum Gasteiger partial charge on any atom is -0.432 e. The van der Waals surface area contributed by atoms with Crippen LogP contribution in [0.5, 0.6) is 11.5 Å². The van der Waals surface area contributed by atoms with Crippen LogP contribution in [0.15, 0.2) is 12.1 Å². The van der Waals surface area contributed by atoms with Gasteiger partial charge in [-0.05, 0) is 48.3 Å². The van der Waals surface area contributed by atoms with Crippen molar-refractivity contribution in [2.24, 2.45) is 11.8 Å². The Morgan fingerprint density at radius 1 is 1.16 bits per heavy atom. The Kier molecular flexibility index (Phi) is 9.16. The number of hydrogen-bond donors (Lipinski definition) is 0. The molecule has 4 rings (SSSR count). The van der Waals surface area contributed by atoms with Crippen molar-refractivity contribution < 1.29 is 27.8 Å². The molecule has 0 spiro atoms. The van der Waals surface area contributed by atoms with Crippen LogP contribution in [0.3, 0.4) is 0 Å². The normalized spacial score (nSPS) is 25.6. The number of carbonyl (C=O) groups excluding carboxylic acids is 1. The molecule has 3 atom stereocenters. The first kappa shape index (κ1) is 28.3. The van der Waals surface area contributed by atoms with Crippen molar-refractivity contribution in [3.63, 3.8) is 0 Å². The molecule has 1 aromatic carbocycles. The van der Waals surface area contributed by atoms with Gasteiger partial charge in [0.05, 0.1) is 25.6 Å². The molecule has 3 unspecified atom stereocenters. The second-order valence-electron chi connectivity index (χ2n) is 12.1. The van der Waals surface area contributed by atoms with Gasteiger partial charge in [0, 0.05) is 31.1 Å². The first-order chi connectivity index (χ1) is 17.6. The fourth-order valence-corrected chi connectivity index (χ4v) is 6.24. The summed E-state index contributed by atoms with van der Waals surface area (Å²) in [7, 11) is 0. The van der Waals surface area contributed by atoms with Crippen LogP contribution in [0.2, 0.25) is 0 Å². The SMILES string of the molecule is CCCCCCC(C)(C)c1cc(OC(=O)CCN2CCOCC2)c2c(c1)OC(F)(F)C1CCC(C)CC21. The topological polar surface area (TPSA) is 48.0 Å². The average Bonchev–Trinajstić information content (AvgIpc) is 2.85. The minimum atomic E-state index is -3.22. The van der Waals surface area contributed by atoms with E-state index >= 15 is 8.78 Å². The summed E-state index contributed by atoms with van der Waals surface area (Å²) in [5.41, 5.74) is 1.29. The number of nitrogens with zero attached hydrogens (tertiary/aromatic N) is 1. The minimum absolute atomic E-state index is 0.190. The summed E-state index contributed by atoms with van der Waals surface area (Å²) >= 11 is 0. The second kappa shape index (κ2) is 12.0. The van der Waals surface area contributed by atoms with E-state index in [-0.39, 0.29) is 29.5 Å². The molecule has 2 fully saturated rings. The Labute approximate surface area is 221 Å². The van der Waals surface area contributed by atoms with Crippen LogP contribution < -0.4 is 9.47 Å². The zero-order chi connectivity index (χ0) is 26.6. The molecule has 37 heavy (non-hydrogen) atoms. The molecule has 1 saturated heterocycles. The number of halogens is 2. The van der Waals surface area contributed by atoms with E-state index in [9.17, 15) is 4.79 Å². The van der Waals surface area contributed by atoms with Gasteiger partial charge in [-0.25, -0.2) is 0 Å². The quantitative estimate of drug-likeness (QED) is 0.187. The Morgan fingerprint density at radius 3 is 2.65 bits per heavy atom. The van der Waals surface area contributed by atoms with E-state index in [0.717, 1.165) is 50.8 Å². The van der Waals surface area contributed by atoms with Gasteiger partial charge in [-0.1, -0.05) is 59.8 Å². The van der Waals surface area contributed by atoms with E-state index in [1.807, 2.05) is 6.07 Å². The van der Waals surface area contributed by atoms with Crippen molar-refractivity contribution >= 4 is 5.97 Å². The van der Waals surface area contributed by atoms with Gasteiger partial charge in [0.2, 0.25) is 0 Å². The fraction of sp³-hybridized carbons (Fsp3) is 0.767. The summed E-state index contributed by atoms with van der Waals surface area (Å²) < 4.78 is 47.3. The third kappa shape index (κ3) is 6.83. The van der Waals surface area contributed by atoms with E-state index in [1.165, 1.54) is 6.42 Å². The lowest BCUT2D eigenvalue weighted by atomic mass is 9.68. The molecule has 2 heterocycles. The molecule has 1 aliphatic carbocycles. The zero-order valence-electron chi connectivity index (χ0n) is 23.1. The third-order valence-corrected chi connectivity index (χ3v) is 8.66. The summed E-state index contributed by atoms with van der Waals surface area (Å²) in [4.78, 5) is 15.2. The highest BCUT2D eigenvalue weighted by Crippen LogP contribution is 2.57. The highest BCUT2D eigenvalue weighted by molar-refractivity contribution is 5.74. The summed E-state index contributed by atoms with van der Waals surface area (Å²) in [5, 5.41) is 0. The Balaban J connectivity index is 1.63. The number of esters is 1. The highest BCUT2D eigenvalue weighted by atomic mass is 19.3. The van der Waals surface area contributed by atoms with E-state index in [1.54, 1.807) is 6.07 Å². The standard InChI is InChI=1S/C30H45F2NO4/c1-5-6-7-8-12-29(3,4)22-19-25(36-27(34)11-13-33-14-16-35-17-15-33)28-23-18-21(2)9-10-24(23)30(31,32)37-26(28)20-22/h19-21,23-24H,5-18H2,1-4H3. The number of rotatable bonds is 10. The van der Waals surface area contributed by atoms with Gasteiger partial charge in [0.25, 0.3) is 0 Å². The number of morpholine rings is 1. The van der Waals surface area contributed by atoms with Gasteiger partial charge in [-0.2, -0.15) is 8.78 Å². The highest BCUT2D eigenvalue weighted by Gasteiger charge is 2.54. The molecule has 0 amide bonds. The molecule has 1 saturated carbocycles. The number of benzene rings is 1. The molecule has 2 aliphatic heterocycles. The lowest BCUT2D eigenvalue weighted by Crippen LogP contribution is -2.45. The van der Waals surface area contributed by atoms with Gasteiger partial charge in [-0.3, -0.25) is 9.69 Å². The summed E-state index contributed by atoms with van der Waals surface area (Å²) in [6, 6.07) is 3.73. The molecule has 1 aromatic rings. The van der Waals surface area contributed by atoms with Crippen LogP contribution in [0.1, 0.15) is 103 Å². The second-order valence-corrected chi connectivity index (χ2v) is 12.1. The van der Waals surface area contributed by atoms with Gasteiger partial charge >= 0.3 is 12.1 Å². The van der Waals surface area contributed by atoms with Crippen molar-refractivity contribution in [1.82, 2.24) is 4.90 Å². The van der Waals surface area contributed by atoms with Crippen LogP contribution in [0.4, 0.5) is 8.78 Å². The molecule has 208 valence electrons. The van der Waals surface area contributed by atoms with Crippen molar-refractivity contribution in [3.8, 4) is 11.5 Å². The van der Waals surface area contributed by atoms with Gasteiger partial charge in [0.1, 0.15) is 11.5 Å². The summed E-state index contributed by atoms with van der Waals surface area (Å²) in [6.45, 7) is 12.1. The maximum Gasteiger partial charge on any atom is 0.401 e. The zero-order valence-corrected chi connectivity index (χ0v) is 23.1. The van der Waals surface area contributed by atoms with E-state index in [0.29, 0.717) is 49.8 Å². The van der Waals surface area contributed by atoms with Gasteiger partial charge in [-0.15, -0.1) is 0 Å². The maximum atomic E-state index is 15.2. The van der Waals surface area contributed by atoms with Crippen LogP contribution in [0.25, 0.3) is 0 Å². The summed E-state index contributed by atoms with van der Waals surface area (Å²) in [6.07, 6.45) is 4.32.